The number of carbonyl (C=O) groups is 1. The highest BCUT2D eigenvalue weighted by Crippen LogP contribution is 2.31. The van der Waals surface area contributed by atoms with Crippen LogP contribution >= 0.6 is 45.2 Å². The van der Waals surface area contributed by atoms with Crippen LogP contribution in [0.25, 0.3) is 16.8 Å². The van der Waals surface area contributed by atoms with Gasteiger partial charge in [-0.2, -0.15) is 0 Å². The number of hydrogen-bond donors (Lipinski definition) is 0. The van der Waals surface area contributed by atoms with Crippen LogP contribution in [0.4, 0.5) is 0 Å². The van der Waals surface area contributed by atoms with Gasteiger partial charge in [-0.05, 0) is 110 Å². The molecule has 0 bridgehead atoms. The van der Waals surface area contributed by atoms with Gasteiger partial charge < -0.3 is 9.47 Å². The Morgan fingerprint density at radius 1 is 0.912 bits per heavy atom. The summed E-state index contributed by atoms with van der Waals surface area (Å²) in [6, 6.07) is 26.1. The van der Waals surface area contributed by atoms with Gasteiger partial charge in [0.25, 0.3) is 0 Å². The van der Waals surface area contributed by atoms with E-state index in [0.29, 0.717) is 12.5 Å². The van der Waals surface area contributed by atoms with Crippen molar-refractivity contribution in [2.75, 3.05) is 0 Å². The second kappa shape index (κ2) is 9.87. The number of aryl methyl sites for hydroxylation is 1. The van der Waals surface area contributed by atoms with Gasteiger partial charge in [0, 0.05) is 5.56 Å². The lowest BCUT2D eigenvalue weighted by Crippen LogP contribution is -2.05. The maximum atomic E-state index is 12.5. The van der Waals surface area contributed by atoms with E-state index in [1.165, 1.54) is 5.56 Å². The molecule has 0 saturated heterocycles. The number of benzene rings is 4. The van der Waals surface area contributed by atoms with Crippen molar-refractivity contribution in [3.63, 3.8) is 0 Å². The lowest BCUT2D eigenvalue weighted by molar-refractivity contribution is -0.129. The van der Waals surface area contributed by atoms with Crippen molar-refractivity contribution >= 4 is 73.9 Å². The molecule has 168 valence electrons. The van der Waals surface area contributed by atoms with Gasteiger partial charge in [-0.15, -0.1) is 0 Å². The van der Waals surface area contributed by atoms with Crippen molar-refractivity contribution in [3.05, 3.63) is 114 Å². The Labute approximate surface area is 225 Å². The van der Waals surface area contributed by atoms with Gasteiger partial charge in [-0.1, -0.05) is 54.6 Å². The Morgan fingerprint density at radius 2 is 1.62 bits per heavy atom. The molecule has 0 spiro atoms. The monoisotopic (exact) mass is 671 g/mol. The first-order valence-corrected chi connectivity index (χ1v) is 12.8. The largest absolute Gasteiger partial charge is 0.487 e. The van der Waals surface area contributed by atoms with Gasteiger partial charge in [0.05, 0.1) is 7.14 Å². The summed E-state index contributed by atoms with van der Waals surface area (Å²) in [5.74, 6) is 0.707. The molecule has 4 aromatic rings. The SMILES string of the molecule is Cc1ccccc1COc1c(I)cc(/C=C2\N=C(c3ccc4ccccc4c3)OC2=O)cc1I. The van der Waals surface area contributed by atoms with Crippen LogP contribution in [0.5, 0.6) is 5.75 Å². The first-order valence-electron chi connectivity index (χ1n) is 10.7. The van der Waals surface area contributed by atoms with E-state index in [-0.39, 0.29) is 5.70 Å². The fourth-order valence-corrected chi connectivity index (χ4v) is 5.86. The predicted molar refractivity (Wildman–Crippen MR) is 152 cm³/mol. The summed E-state index contributed by atoms with van der Waals surface area (Å²) in [5, 5.41) is 2.20. The van der Waals surface area contributed by atoms with Gasteiger partial charge in [-0.25, -0.2) is 9.79 Å². The minimum atomic E-state index is -0.451. The van der Waals surface area contributed by atoms with Gasteiger partial charge in [0.15, 0.2) is 5.70 Å². The molecule has 5 rings (SSSR count). The van der Waals surface area contributed by atoms with Crippen molar-refractivity contribution in [1.29, 1.82) is 0 Å². The van der Waals surface area contributed by atoms with E-state index in [0.717, 1.165) is 40.4 Å². The van der Waals surface area contributed by atoms with E-state index in [1.54, 1.807) is 6.08 Å². The predicted octanol–water partition coefficient (Wildman–Crippen LogP) is 7.28. The first-order chi connectivity index (χ1) is 16.5. The maximum Gasteiger partial charge on any atom is 0.363 e. The number of halogens is 2. The molecule has 0 fully saturated rings. The van der Waals surface area contributed by atoms with Gasteiger partial charge >= 0.3 is 5.97 Å². The van der Waals surface area contributed by atoms with Gasteiger partial charge in [0.2, 0.25) is 5.90 Å². The van der Waals surface area contributed by atoms with Crippen LogP contribution < -0.4 is 4.74 Å². The van der Waals surface area contributed by atoms with E-state index in [9.17, 15) is 4.79 Å². The summed E-state index contributed by atoms with van der Waals surface area (Å²) in [4.78, 5) is 17.0. The maximum absolute atomic E-state index is 12.5. The summed E-state index contributed by atoms with van der Waals surface area (Å²) in [5.41, 5.74) is 4.29. The lowest BCUT2D eigenvalue weighted by Gasteiger charge is -2.13. The summed E-state index contributed by atoms with van der Waals surface area (Å²) in [6.45, 7) is 2.59. The fourth-order valence-electron chi connectivity index (χ4n) is 3.74. The zero-order chi connectivity index (χ0) is 23.7. The molecule has 0 saturated carbocycles. The molecule has 0 amide bonds. The Kier molecular flexibility index (Phi) is 6.69. The standard InChI is InChI=1S/C28H19I2NO3/c1-17-6-2-3-9-22(17)16-33-26-23(29)12-18(13-24(26)30)14-25-28(32)34-27(31-25)21-11-10-19-7-4-5-8-20(19)15-21/h2-15H,16H2,1H3/b25-14-. The molecule has 0 aromatic heterocycles. The van der Waals surface area contributed by atoms with Crippen LogP contribution in [0.1, 0.15) is 22.3 Å². The topological polar surface area (TPSA) is 47.9 Å². The Hall–Kier alpha value is -2.72. The van der Waals surface area contributed by atoms with Crippen LogP contribution in [-0.2, 0) is 16.1 Å². The third-order valence-electron chi connectivity index (χ3n) is 5.57. The fraction of sp³-hybridized carbons (Fsp3) is 0.0714. The average Bonchev–Trinajstić information content (AvgIpc) is 3.19. The van der Waals surface area contributed by atoms with Crippen molar-refractivity contribution in [1.82, 2.24) is 0 Å². The molecule has 1 aliphatic heterocycles. The molecule has 0 atom stereocenters. The molecule has 0 aliphatic carbocycles. The van der Waals surface area contributed by atoms with Crippen LogP contribution in [0, 0.1) is 14.1 Å². The second-order valence-corrected chi connectivity index (χ2v) is 10.3. The Morgan fingerprint density at radius 3 is 2.38 bits per heavy atom. The van der Waals surface area contributed by atoms with Crippen molar-refractivity contribution in [3.8, 4) is 5.75 Å². The molecule has 6 heteroatoms. The van der Waals surface area contributed by atoms with E-state index >= 15 is 0 Å². The van der Waals surface area contributed by atoms with Crippen molar-refractivity contribution in [2.24, 2.45) is 4.99 Å². The summed E-state index contributed by atoms with van der Waals surface area (Å²) >= 11 is 4.53. The van der Waals surface area contributed by atoms with Crippen LogP contribution in [0.15, 0.2) is 89.6 Å². The zero-order valence-corrected chi connectivity index (χ0v) is 22.5. The van der Waals surface area contributed by atoms with Crippen LogP contribution in [0.2, 0.25) is 0 Å². The summed E-state index contributed by atoms with van der Waals surface area (Å²) in [7, 11) is 0. The smallest absolute Gasteiger partial charge is 0.363 e. The minimum absolute atomic E-state index is 0.281. The molecule has 1 heterocycles. The van der Waals surface area contributed by atoms with Crippen LogP contribution in [0.3, 0.4) is 0 Å². The number of cyclic esters (lactones) is 1. The molecule has 4 aromatic carbocycles. The number of aliphatic imine (C=N–C) groups is 1. The normalized spacial score (nSPS) is 14.4. The highest BCUT2D eigenvalue weighted by molar-refractivity contribution is 14.1. The summed E-state index contributed by atoms with van der Waals surface area (Å²) in [6.07, 6.45) is 1.76. The van der Waals surface area contributed by atoms with E-state index in [2.05, 4.69) is 69.2 Å². The average molecular weight is 671 g/mol. The number of carbonyl (C=O) groups excluding carboxylic acids is 1. The first kappa shape index (κ1) is 23.0. The van der Waals surface area contributed by atoms with E-state index in [4.69, 9.17) is 9.47 Å². The highest BCUT2D eigenvalue weighted by Gasteiger charge is 2.24. The molecule has 0 unspecified atom stereocenters. The third-order valence-corrected chi connectivity index (χ3v) is 7.18. The Bertz CT molecular complexity index is 1470. The van der Waals surface area contributed by atoms with Gasteiger partial charge in [-0.3, -0.25) is 0 Å². The molecule has 0 N–H and O–H groups in total. The number of nitrogens with zero attached hydrogens (tertiary/aromatic N) is 1. The number of ether oxygens (including phenoxy) is 2. The molecule has 0 radical (unpaired) electrons. The number of rotatable bonds is 5. The molecule has 4 nitrogen and oxygen atoms in total. The molecular formula is C28H19I2NO3. The molecular weight excluding hydrogens is 652 g/mol. The molecule has 34 heavy (non-hydrogen) atoms. The number of hydrogen-bond acceptors (Lipinski definition) is 4. The second-order valence-electron chi connectivity index (χ2n) is 7.93. The van der Waals surface area contributed by atoms with E-state index in [1.807, 2.05) is 66.7 Å². The number of esters is 1. The zero-order valence-electron chi connectivity index (χ0n) is 18.2. The Balaban J connectivity index is 1.39. The minimum Gasteiger partial charge on any atom is -0.487 e. The quantitative estimate of drug-likeness (QED) is 0.127. The lowest BCUT2D eigenvalue weighted by atomic mass is 10.1. The van der Waals surface area contributed by atoms with Crippen molar-refractivity contribution < 1.29 is 14.3 Å². The van der Waals surface area contributed by atoms with Crippen molar-refractivity contribution in [2.45, 2.75) is 13.5 Å². The highest BCUT2D eigenvalue weighted by atomic mass is 127. The van der Waals surface area contributed by atoms with Gasteiger partial charge in [0.1, 0.15) is 12.4 Å². The number of fused-ring (bicyclic) bond motifs is 1. The third kappa shape index (κ3) is 4.88. The summed E-state index contributed by atoms with van der Waals surface area (Å²) < 4.78 is 13.5. The van der Waals surface area contributed by atoms with E-state index < -0.39 is 5.97 Å². The molecule has 1 aliphatic rings. The van der Waals surface area contributed by atoms with Crippen LogP contribution in [-0.4, -0.2) is 11.9 Å².